The Hall–Kier alpha value is -0.470. The maximum Gasteiger partial charge on any atom is 0.107 e. The molecule has 1 fully saturated rings. The fourth-order valence-corrected chi connectivity index (χ4v) is 2.62. The van der Waals surface area contributed by atoms with Gasteiger partial charge in [-0.25, -0.2) is 0 Å². The highest BCUT2D eigenvalue weighted by atomic mass is 32.2. The first-order valence-electron chi connectivity index (χ1n) is 5.19. The molecule has 1 aromatic carbocycles. The molecule has 0 radical (unpaired) electrons. The number of thioether (sulfide) groups is 1. The van der Waals surface area contributed by atoms with Gasteiger partial charge in [-0.3, -0.25) is 0 Å². The molecule has 1 saturated heterocycles. The van der Waals surface area contributed by atoms with Gasteiger partial charge in [-0.05, 0) is 38.3 Å². The third-order valence-electron chi connectivity index (χ3n) is 2.43. The first-order chi connectivity index (χ1) is 6.84. The third kappa shape index (κ3) is 2.76. The van der Waals surface area contributed by atoms with Crippen LogP contribution in [0.25, 0.3) is 0 Å². The van der Waals surface area contributed by atoms with Crippen LogP contribution in [0, 0.1) is 6.92 Å². The molecule has 76 valence electrons. The monoisotopic (exact) mass is 208 g/mol. The molecule has 1 nitrogen and oxygen atoms in total. The average Bonchev–Trinajstić information content (AvgIpc) is 2.23. The van der Waals surface area contributed by atoms with Crippen LogP contribution in [0.5, 0.6) is 0 Å². The summed E-state index contributed by atoms with van der Waals surface area (Å²) < 4.78 is 5.68. The minimum atomic E-state index is 0.381. The van der Waals surface area contributed by atoms with Crippen LogP contribution in [0.2, 0.25) is 0 Å². The number of rotatable bonds is 2. The molecule has 2 rings (SSSR count). The van der Waals surface area contributed by atoms with E-state index in [1.807, 2.05) is 11.8 Å². The molecule has 2 heteroatoms. The average molecular weight is 208 g/mol. The van der Waals surface area contributed by atoms with Crippen LogP contribution < -0.4 is 0 Å². The predicted octanol–water partition coefficient (Wildman–Crippen LogP) is 3.61. The van der Waals surface area contributed by atoms with E-state index in [0.717, 1.165) is 6.61 Å². The summed E-state index contributed by atoms with van der Waals surface area (Å²) >= 11 is 1.85. The van der Waals surface area contributed by atoms with Gasteiger partial charge in [0.15, 0.2) is 0 Å². The first-order valence-corrected chi connectivity index (χ1v) is 6.07. The van der Waals surface area contributed by atoms with Crippen molar-refractivity contribution in [1.82, 2.24) is 0 Å². The van der Waals surface area contributed by atoms with Gasteiger partial charge in [0.2, 0.25) is 0 Å². The van der Waals surface area contributed by atoms with E-state index in [1.165, 1.54) is 29.7 Å². The number of hydrogen-bond donors (Lipinski definition) is 0. The van der Waals surface area contributed by atoms with Crippen molar-refractivity contribution < 1.29 is 4.74 Å². The molecule has 0 spiro atoms. The molecular formula is C12H16OS. The molecule has 0 N–H and O–H groups in total. The van der Waals surface area contributed by atoms with E-state index in [-0.39, 0.29) is 0 Å². The lowest BCUT2D eigenvalue weighted by Crippen LogP contribution is -2.14. The summed E-state index contributed by atoms with van der Waals surface area (Å²) in [5, 5.41) is 0. The highest BCUT2D eigenvalue weighted by Gasteiger charge is 2.14. The van der Waals surface area contributed by atoms with E-state index in [2.05, 4.69) is 31.2 Å². The standard InChI is InChI=1S/C12H16OS/c1-10-5-7-11(8-6-10)14-12-4-2-3-9-13-12/h5-8,12H,2-4,9H2,1H3. The van der Waals surface area contributed by atoms with Gasteiger partial charge in [0.25, 0.3) is 0 Å². The molecule has 1 heterocycles. The maximum atomic E-state index is 5.68. The molecule has 0 amide bonds. The number of aryl methyl sites for hydroxylation is 1. The molecule has 1 atom stereocenters. The number of hydrogen-bond acceptors (Lipinski definition) is 2. The SMILES string of the molecule is Cc1ccc(SC2CCCCO2)cc1. The first kappa shape index (κ1) is 10.1. The largest absolute Gasteiger partial charge is 0.367 e. The molecule has 1 aromatic rings. The van der Waals surface area contributed by atoms with Gasteiger partial charge in [0, 0.05) is 11.5 Å². The highest BCUT2D eigenvalue weighted by molar-refractivity contribution is 7.99. The second kappa shape index (κ2) is 4.85. The van der Waals surface area contributed by atoms with Crippen molar-refractivity contribution in [2.45, 2.75) is 36.5 Å². The third-order valence-corrected chi connectivity index (χ3v) is 3.61. The normalized spacial score (nSPS) is 22.2. The molecule has 14 heavy (non-hydrogen) atoms. The zero-order valence-corrected chi connectivity index (χ0v) is 9.35. The van der Waals surface area contributed by atoms with Crippen LogP contribution in [0.15, 0.2) is 29.2 Å². The minimum absolute atomic E-state index is 0.381. The van der Waals surface area contributed by atoms with E-state index < -0.39 is 0 Å². The van der Waals surface area contributed by atoms with Crippen molar-refractivity contribution in [1.29, 1.82) is 0 Å². The van der Waals surface area contributed by atoms with Gasteiger partial charge in [-0.2, -0.15) is 0 Å². The van der Waals surface area contributed by atoms with Crippen molar-refractivity contribution in [2.24, 2.45) is 0 Å². The summed E-state index contributed by atoms with van der Waals surface area (Å²) in [6.07, 6.45) is 3.73. The number of ether oxygens (including phenoxy) is 1. The van der Waals surface area contributed by atoms with Crippen molar-refractivity contribution in [3.05, 3.63) is 29.8 Å². The Labute approximate surface area is 89.9 Å². The maximum absolute atomic E-state index is 5.68. The Morgan fingerprint density at radius 1 is 1.21 bits per heavy atom. The molecule has 1 unspecified atom stereocenters. The van der Waals surface area contributed by atoms with E-state index in [0.29, 0.717) is 5.44 Å². The van der Waals surface area contributed by atoms with Crippen LogP contribution >= 0.6 is 11.8 Å². The Morgan fingerprint density at radius 2 is 2.00 bits per heavy atom. The lowest BCUT2D eigenvalue weighted by molar-refractivity contribution is 0.0728. The smallest absolute Gasteiger partial charge is 0.107 e. The Balaban J connectivity index is 1.92. The zero-order chi connectivity index (χ0) is 9.80. The summed E-state index contributed by atoms with van der Waals surface area (Å²) in [5.41, 5.74) is 1.70. The van der Waals surface area contributed by atoms with E-state index >= 15 is 0 Å². The van der Waals surface area contributed by atoms with E-state index in [1.54, 1.807) is 0 Å². The molecular weight excluding hydrogens is 192 g/mol. The highest BCUT2D eigenvalue weighted by Crippen LogP contribution is 2.30. The molecule has 1 aliphatic rings. The van der Waals surface area contributed by atoms with Gasteiger partial charge in [0.05, 0.1) is 0 Å². The van der Waals surface area contributed by atoms with Crippen LogP contribution in [-0.2, 0) is 4.74 Å². The molecule has 0 aromatic heterocycles. The van der Waals surface area contributed by atoms with Crippen molar-refractivity contribution >= 4 is 11.8 Å². The van der Waals surface area contributed by atoms with Crippen molar-refractivity contribution in [3.63, 3.8) is 0 Å². The van der Waals surface area contributed by atoms with Gasteiger partial charge >= 0.3 is 0 Å². The lowest BCUT2D eigenvalue weighted by atomic mass is 10.2. The fourth-order valence-electron chi connectivity index (χ4n) is 1.57. The predicted molar refractivity (Wildman–Crippen MR) is 60.6 cm³/mol. The molecule has 0 aliphatic carbocycles. The van der Waals surface area contributed by atoms with Gasteiger partial charge in [0.1, 0.15) is 5.44 Å². The lowest BCUT2D eigenvalue weighted by Gasteiger charge is -2.21. The quantitative estimate of drug-likeness (QED) is 0.734. The topological polar surface area (TPSA) is 9.23 Å². The van der Waals surface area contributed by atoms with Crippen LogP contribution in [0.1, 0.15) is 24.8 Å². The van der Waals surface area contributed by atoms with Crippen LogP contribution in [0.3, 0.4) is 0 Å². The van der Waals surface area contributed by atoms with E-state index in [9.17, 15) is 0 Å². The fraction of sp³-hybridized carbons (Fsp3) is 0.500. The van der Waals surface area contributed by atoms with Crippen molar-refractivity contribution in [3.8, 4) is 0 Å². The minimum Gasteiger partial charge on any atom is -0.367 e. The van der Waals surface area contributed by atoms with E-state index in [4.69, 9.17) is 4.74 Å². The Bertz CT molecular complexity index is 275. The van der Waals surface area contributed by atoms with Gasteiger partial charge < -0.3 is 4.74 Å². The zero-order valence-electron chi connectivity index (χ0n) is 8.53. The van der Waals surface area contributed by atoms with Crippen molar-refractivity contribution in [2.75, 3.05) is 6.61 Å². The molecule has 0 saturated carbocycles. The second-order valence-electron chi connectivity index (χ2n) is 3.73. The Kier molecular flexibility index (Phi) is 3.49. The van der Waals surface area contributed by atoms with Gasteiger partial charge in [-0.15, -0.1) is 0 Å². The van der Waals surface area contributed by atoms with Crippen LogP contribution in [0.4, 0.5) is 0 Å². The summed E-state index contributed by atoms with van der Waals surface area (Å²) in [6.45, 7) is 3.05. The second-order valence-corrected chi connectivity index (χ2v) is 4.96. The summed E-state index contributed by atoms with van der Waals surface area (Å²) in [7, 11) is 0. The van der Waals surface area contributed by atoms with Gasteiger partial charge in [-0.1, -0.05) is 29.5 Å². The molecule has 0 bridgehead atoms. The summed E-state index contributed by atoms with van der Waals surface area (Å²) in [6, 6.07) is 8.67. The summed E-state index contributed by atoms with van der Waals surface area (Å²) in [4.78, 5) is 1.32. The molecule has 1 aliphatic heterocycles. The Morgan fingerprint density at radius 3 is 2.64 bits per heavy atom. The summed E-state index contributed by atoms with van der Waals surface area (Å²) in [5.74, 6) is 0. The van der Waals surface area contributed by atoms with Crippen LogP contribution in [-0.4, -0.2) is 12.0 Å². The number of benzene rings is 1.